The average Bonchev–Trinajstić information content (AvgIpc) is 2.70. The number of furan rings is 1. The minimum atomic E-state index is 0.128. The lowest BCUT2D eigenvalue weighted by molar-refractivity contribution is 0.531. The first-order valence-electron chi connectivity index (χ1n) is 5.57. The molecule has 0 aliphatic heterocycles. The van der Waals surface area contributed by atoms with Gasteiger partial charge in [0, 0.05) is 13.6 Å². The molecule has 96 valence electrons. The van der Waals surface area contributed by atoms with Gasteiger partial charge in [0.15, 0.2) is 0 Å². The van der Waals surface area contributed by atoms with Gasteiger partial charge < -0.3 is 20.8 Å². The van der Waals surface area contributed by atoms with Crippen LogP contribution in [0.25, 0.3) is 0 Å². The fraction of sp³-hybridized carbons (Fsp3) is 0.364. The van der Waals surface area contributed by atoms with Gasteiger partial charge in [-0.2, -0.15) is 15.0 Å². The lowest BCUT2D eigenvalue weighted by atomic mass is 10.2. The van der Waals surface area contributed by atoms with Crippen LogP contribution in [0.4, 0.5) is 17.8 Å². The molecule has 0 spiro atoms. The van der Waals surface area contributed by atoms with E-state index >= 15 is 0 Å². The molecule has 18 heavy (non-hydrogen) atoms. The van der Waals surface area contributed by atoms with Gasteiger partial charge in [-0.25, -0.2) is 0 Å². The van der Waals surface area contributed by atoms with Crippen molar-refractivity contribution in [1.82, 2.24) is 15.0 Å². The van der Waals surface area contributed by atoms with Crippen molar-refractivity contribution in [2.24, 2.45) is 0 Å². The largest absolute Gasteiger partial charge is 0.469 e. The summed E-state index contributed by atoms with van der Waals surface area (Å²) in [7, 11) is 1.88. The molecular formula is C11H16N6O. The summed E-state index contributed by atoms with van der Waals surface area (Å²) < 4.78 is 5.24. The number of hydrogen-bond donors (Lipinski definition) is 2. The molecule has 0 radical (unpaired) electrons. The first-order valence-corrected chi connectivity index (χ1v) is 5.57. The third kappa shape index (κ3) is 2.88. The molecule has 7 nitrogen and oxygen atoms in total. The van der Waals surface area contributed by atoms with Gasteiger partial charge in [-0.1, -0.05) is 0 Å². The van der Waals surface area contributed by atoms with Gasteiger partial charge in [0.2, 0.25) is 17.8 Å². The molecule has 0 aliphatic carbocycles. The molecule has 0 unspecified atom stereocenters. The standard InChI is InChI=1S/C11H16N6O/c1-7-5-8(6-18-7)3-4-17(2)11-15-9(12)14-10(13)16-11/h5-6H,3-4H2,1-2H3,(H4,12,13,14,15,16). The van der Waals surface area contributed by atoms with Crippen LogP contribution in [0.1, 0.15) is 11.3 Å². The lowest BCUT2D eigenvalue weighted by Gasteiger charge is -2.16. The first-order chi connectivity index (χ1) is 8.54. The van der Waals surface area contributed by atoms with Crippen molar-refractivity contribution in [3.8, 4) is 0 Å². The van der Waals surface area contributed by atoms with Crippen LogP contribution in [0, 0.1) is 6.92 Å². The van der Waals surface area contributed by atoms with Crippen LogP contribution in [-0.4, -0.2) is 28.5 Å². The van der Waals surface area contributed by atoms with Gasteiger partial charge in [0.25, 0.3) is 0 Å². The number of aromatic nitrogens is 3. The monoisotopic (exact) mass is 248 g/mol. The van der Waals surface area contributed by atoms with Gasteiger partial charge in [-0.3, -0.25) is 0 Å². The molecule has 0 amide bonds. The van der Waals surface area contributed by atoms with E-state index in [-0.39, 0.29) is 11.9 Å². The summed E-state index contributed by atoms with van der Waals surface area (Å²) in [5.74, 6) is 1.63. The molecular weight excluding hydrogens is 232 g/mol. The second-order valence-corrected chi connectivity index (χ2v) is 4.09. The predicted octanol–water partition coefficient (Wildman–Crippen LogP) is 0.616. The molecule has 0 bridgehead atoms. The van der Waals surface area contributed by atoms with E-state index in [9.17, 15) is 0 Å². The highest BCUT2D eigenvalue weighted by Crippen LogP contribution is 2.11. The van der Waals surface area contributed by atoms with Crippen molar-refractivity contribution < 1.29 is 4.42 Å². The van der Waals surface area contributed by atoms with E-state index in [1.165, 1.54) is 0 Å². The summed E-state index contributed by atoms with van der Waals surface area (Å²) in [5.41, 5.74) is 12.2. The first kappa shape index (κ1) is 12.2. The lowest BCUT2D eigenvalue weighted by Crippen LogP contribution is -2.23. The van der Waals surface area contributed by atoms with E-state index in [0.29, 0.717) is 5.95 Å². The van der Waals surface area contributed by atoms with E-state index in [1.807, 2.05) is 24.9 Å². The molecule has 0 aromatic carbocycles. The van der Waals surface area contributed by atoms with E-state index in [4.69, 9.17) is 15.9 Å². The van der Waals surface area contributed by atoms with Crippen molar-refractivity contribution in [2.45, 2.75) is 13.3 Å². The van der Waals surface area contributed by atoms with Crippen LogP contribution in [-0.2, 0) is 6.42 Å². The smallest absolute Gasteiger partial charge is 0.231 e. The van der Waals surface area contributed by atoms with Crippen molar-refractivity contribution in [2.75, 3.05) is 30.0 Å². The number of aryl methyl sites for hydroxylation is 1. The summed E-state index contributed by atoms with van der Waals surface area (Å²) in [4.78, 5) is 13.7. The molecule has 0 fully saturated rings. The Morgan fingerprint density at radius 1 is 1.22 bits per heavy atom. The van der Waals surface area contributed by atoms with Gasteiger partial charge in [-0.15, -0.1) is 0 Å². The second kappa shape index (κ2) is 4.91. The Morgan fingerprint density at radius 3 is 2.44 bits per heavy atom. The van der Waals surface area contributed by atoms with E-state index in [2.05, 4.69) is 15.0 Å². The summed E-state index contributed by atoms with van der Waals surface area (Å²) in [6, 6.07) is 2.00. The Kier molecular flexibility index (Phi) is 3.31. The Labute approximate surface area is 105 Å². The van der Waals surface area contributed by atoms with E-state index < -0.39 is 0 Å². The molecule has 7 heteroatoms. The minimum Gasteiger partial charge on any atom is -0.469 e. The Hall–Kier alpha value is -2.31. The summed E-state index contributed by atoms with van der Waals surface area (Å²) in [6.45, 7) is 2.66. The molecule has 0 aliphatic rings. The third-order valence-corrected chi connectivity index (χ3v) is 2.52. The Balaban J connectivity index is 2.01. The molecule has 2 aromatic rings. The number of likely N-dealkylation sites (N-methyl/N-ethyl adjacent to an activating group) is 1. The van der Waals surface area contributed by atoms with Crippen molar-refractivity contribution in [3.05, 3.63) is 23.7 Å². The number of nitrogen functional groups attached to an aromatic ring is 2. The number of nitrogens with two attached hydrogens (primary N) is 2. The molecule has 0 saturated heterocycles. The number of nitrogens with zero attached hydrogens (tertiary/aromatic N) is 4. The van der Waals surface area contributed by atoms with Crippen LogP contribution in [0.5, 0.6) is 0 Å². The maximum absolute atomic E-state index is 5.52. The van der Waals surface area contributed by atoms with Gasteiger partial charge in [-0.05, 0) is 25.0 Å². The van der Waals surface area contributed by atoms with Gasteiger partial charge in [0.1, 0.15) is 5.76 Å². The summed E-state index contributed by atoms with van der Waals surface area (Å²) in [6.07, 6.45) is 2.58. The predicted molar refractivity (Wildman–Crippen MR) is 69.1 cm³/mol. The number of anilines is 3. The highest BCUT2D eigenvalue weighted by Gasteiger charge is 2.08. The van der Waals surface area contributed by atoms with Crippen molar-refractivity contribution in [1.29, 1.82) is 0 Å². The van der Waals surface area contributed by atoms with Gasteiger partial charge in [0.05, 0.1) is 6.26 Å². The average molecular weight is 248 g/mol. The summed E-state index contributed by atoms with van der Waals surface area (Å²) >= 11 is 0. The SMILES string of the molecule is Cc1cc(CCN(C)c2nc(N)nc(N)n2)co1. The van der Waals surface area contributed by atoms with Crippen LogP contribution in [0.15, 0.2) is 16.7 Å². The molecule has 4 N–H and O–H groups in total. The van der Waals surface area contributed by atoms with Crippen LogP contribution < -0.4 is 16.4 Å². The third-order valence-electron chi connectivity index (χ3n) is 2.52. The fourth-order valence-corrected chi connectivity index (χ4v) is 1.59. The molecule has 2 aromatic heterocycles. The molecule has 2 rings (SSSR count). The zero-order valence-corrected chi connectivity index (χ0v) is 10.4. The maximum atomic E-state index is 5.52. The topological polar surface area (TPSA) is 107 Å². The normalized spacial score (nSPS) is 10.6. The summed E-state index contributed by atoms with van der Waals surface area (Å²) in [5, 5.41) is 0. The van der Waals surface area contributed by atoms with Crippen molar-refractivity contribution >= 4 is 17.8 Å². The van der Waals surface area contributed by atoms with Gasteiger partial charge >= 0.3 is 0 Å². The highest BCUT2D eigenvalue weighted by atomic mass is 16.3. The molecule has 2 heterocycles. The Morgan fingerprint density at radius 2 is 1.89 bits per heavy atom. The zero-order valence-electron chi connectivity index (χ0n) is 10.4. The fourth-order valence-electron chi connectivity index (χ4n) is 1.59. The van der Waals surface area contributed by atoms with Crippen molar-refractivity contribution in [3.63, 3.8) is 0 Å². The highest BCUT2D eigenvalue weighted by molar-refractivity contribution is 5.39. The Bertz CT molecular complexity index is 518. The quantitative estimate of drug-likeness (QED) is 0.816. The van der Waals surface area contributed by atoms with E-state index in [0.717, 1.165) is 24.3 Å². The minimum absolute atomic E-state index is 0.128. The number of hydrogen-bond acceptors (Lipinski definition) is 7. The maximum Gasteiger partial charge on any atom is 0.231 e. The van der Waals surface area contributed by atoms with Crippen LogP contribution in [0.2, 0.25) is 0 Å². The zero-order chi connectivity index (χ0) is 13.1. The van der Waals surface area contributed by atoms with Crippen LogP contribution in [0.3, 0.4) is 0 Å². The van der Waals surface area contributed by atoms with E-state index in [1.54, 1.807) is 6.26 Å². The van der Waals surface area contributed by atoms with Crippen LogP contribution >= 0.6 is 0 Å². The second-order valence-electron chi connectivity index (χ2n) is 4.09. The molecule has 0 saturated carbocycles. The molecule has 0 atom stereocenters. The number of rotatable bonds is 4.